The van der Waals surface area contributed by atoms with Crippen molar-refractivity contribution >= 4 is 12.2 Å². The molecule has 0 aliphatic heterocycles. The molecule has 0 saturated carbocycles. The lowest BCUT2D eigenvalue weighted by Gasteiger charge is -2.15. The van der Waals surface area contributed by atoms with Crippen molar-refractivity contribution in [1.82, 2.24) is 15.2 Å². The van der Waals surface area contributed by atoms with Crippen molar-refractivity contribution in [1.29, 1.82) is 0 Å². The number of methoxy groups -OCH3 is 1. The van der Waals surface area contributed by atoms with Gasteiger partial charge in [0.1, 0.15) is 11.4 Å². The van der Waals surface area contributed by atoms with Gasteiger partial charge in [-0.2, -0.15) is 5.10 Å². The fraction of sp³-hybridized carbons (Fsp3) is 0.333. The maximum Gasteiger partial charge on any atom is 0.274 e. The van der Waals surface area contributed by atoms with E-state index in [0.717, 1.165) is 5.56 Å². The summed E-state index contributed by atoms with van der Waals surface area (Å²) >= 11 is 0. The number of aromatic amines is 1. The topological polar surface area (TPSA) is 92.3 Å². The van der Waals surface area contributed by atoms with E-state index >= 15 is 0 Å². The average molecular weight is 301 g/mol. The third kappa shape index (κ3) is 3.69. The molecule has 0 spiro atoms. The highest BCUT2D eigenvalue weighted by Gasteiger charge is 2.20. The van der Waals surface area contributed by atoms with Crippen molar-refractivity contribution in [3.8, 4) is 5.75 Å². The molecule has 1 aromatic heterocycles. The molecule has 0 saturated heterocycles. The van der Waals surface area contributed by atoms with Gasteiger partial charge in [0, 0.05) is 11.0 Å². The molecule has 0 radical (unpaired) electrons. The van der Waals surface area contributed by atoms with Crippen LogP contribution in [0.2, 0.25) is 0 Å². The number of aromatic nitrogens is 3. The summed E-state index contributed by atoms with van der Waals surface area (Å²) < 4.78 is 5.22. The summed E-state index contributed by atoms with van der Waals surface area (Å²) in [6.07, 6.45) is 1.58. The highest BCUT2D eigenvalue weighted by atomic mass is 16.5. The lowest BCUT2D eigenvalue weighted by Crippen LogP contribution is -2.28. The first-order valence-electron chi connectivity index (χ1n) is 6.81. The minimum absolute atomic E-state index is 0.184. The number of para-hydroxylation sites is 1. The number of hydrazone groups is 1. The van der Waals surface area contributed by atoms with Gasteiger partial charge in [0.15, 0.2) is 0 Å². The Morgan fingerprint density at radius 1 is 1.27 bits per heavy atom. The molecule has 116 valence electrons. The van der Waals surface area contributed by atoms with Crippen LogP contribution < -0.4 is 15.7 Å². The van der Waals surface area contributed by atoms with E-state index in [9.17, 15) is 4.79 Å². The van der Waals surface area contributed by atoms with Gasteiger partial charge in [-0.25, -0.2) is 5.43 Å². The van der Waals surface area contributed by atoms with Crippen LogP contribution in [0.1, 0.15) is 32.0 Å². The zero-order chi connectivity index (χ0) is 16.2. The van der Waals surface area contributed by atoms with E-state index in [2.05, 4.69) is 25.7 Å². The van der Waals surface area contributed by atoms with Crippen molar-refractivity contribution in [3.05, 3.63) is 45.9 Å². The van der Waals surface area contributed by atoms with Gasteiger partial charge in [-0.3, -0.25) is 9.78 Å². The first-order chi connectivity index (χ1) is 10.4. The summed E-state index contributed by atoms with van der Waals surface area (Å²) in [5.74, 6) is 0.889. The van der Waals surface area contributed by atoms with E-state index in [-0.39, 0.29) is 16.9 Å². The number of benzene rings is 1. The monoisotopic (exact) mass is 301 g/mol. The molecule has 1 aromatic carbocycles. The standard InChI is InChI=1S/C15H19N5O2/c1-15(2,3)12-13(21)17-14(20-18-12)19-16-9-10-7-5-6-8-11(10)22-4/h5-9H,1-4H3,(H2,17,19,20,21)/b16-9+. The van der Waals surface area contributed by atoms with Crippen LogP contribution in [0.4, 0.5) is 5.95 Å². The van der Waals surface area contributed by atoms with Crippen LogP contribution in [0.15, 0.2) is 34.2 Å². The van der Waals surface area contributed by atoms with Crippen LogP contribution in [-0.2, 0) is 5.41 Å². The zero-order valence-corrected chi connectivity index (χ0v) is 13.0. The molecule has 0 fully saturated rings. The van der Waals surface area contributed by atoms with Crippen LogP contribution in [0.25, 0.3) is 0 Å². The Morgan fingerprint density at radius 3 is 2.64 bits per heavy atom. The highest BCUT2D eigenvalue weighted by Crippen LogP contribution is 2.16. The summed E-state index contributed by atoms with van der Waals surface area (Å²) in [6, 6.07) is 7.45. The Balaban J connectivity index is 2.14. The summed E-state index contributed by atoms with van der Waals surface area (Å²) in [6.45, 7) is 5.71. The van der Waals surface area contributed by atoms with Gasteiger partial charge < -0.3 is 4.74 Å². The molecule has 2 rings (SSSR count). The Bertz CT molecular complexity index is 731. The number of ether oxygens (including phenoxy) is 1. The Labute approximate surface area is 128 Å². The van der Waals surface area contributed by atoms with Crippen molar-refractivity contribution in [3.63, 3.8) is 0 Å². The summed E-state index contributed by atoms with van der Waals surface area (Å²) in [7, 11) is 1.59. The minimum Gasteiger partial charge on any atom is -0.496 e. The molecule has 1 heterocycles. The largest absolute Gasteiger partial charge is 0.496 e. The molecule has 2 aromatic rings. The summed E-state index contributed by atoms with van der Waals surface area (Å²) in [5.41, 5.74) is 3.19. The van der Waals surface area contributed by atoms with E-state index in [4.69, 9.17) is 4.74 Å². The third-order valence-corrected chi connectivity index (χ3v) is 2.92. The van der Waals surface area contributed by atoms with E-state index in [1.165, 1.54) is 0 Å². The zero-order valence-electron chi connectivity index (χ0n) is 13.0. The molecule has 0 aliphatic rings. The third-order valence-electron chi connectivity index (χ3n) is 2.92. The molecule has 0 bridgehead atoms. The molecule has 2 N–H and O–H groups in total. The van der Waals surface area contributed by atoms with Crippen molar-refractivity contribution in [2.24, 2.45) is 5.10 Å². The van der Waals surface area contributed by atoms with Gasteiger partial charge in [0.05, 0.1) is 13.3 Å². The molecule has 0 aliphatic carbocycles. The van der Waals surface area contributed by atoms with Crippen molar-refractivity contribution in [2.45, 2.75) is 26.2 Å². The number of anilines is 1. The highest BCUT2D eigenvalue weighted by molar-refractivity contribution is 5.83. The number of rotatable bonds is 4. The van der Waals surface area contributed by atoms with Crippen molar-refractivity contribution < 1.29 is 4.74 Å². The van der Waals surface area contributed by atoms with Crippen LogP contribution in [0.3, 0.4) is 0 Å². The predicted octanol–water partition coefficient (Wildman–Crippen LogP) is 1.92. The van der Waals surface area contributed by atoms with Crippen molar-refractivity contribution in [2.75, 3.05) is 12.5 Å². The Hall–Kier alpha value is -2.70. The van der Waals surface area contributed by atoms with Crippen LogP contribution in [-0.4, -0.2) is 28.5 Å². The fourth-order valence-corrected chi connectivity index (χ4v) is 1.81. The summed E-state index contributed by atoms with van der Waals surface area (Å²) in [4.78, 5) is 14.6. The second-order valence-electron chi connectivity index (χ2n) is 5.71. The van der Waals surface area contributed by atoms with Crippen LogP contribution in [0.5, 0.6) is 5.75 Å². The van der Waals surface area contributed by atoms with Gasteiger partial charge in [-0.05, 0) is 12.1 Å². The number of H-pyrrole nitrogens is 1. The predicted molar refractivity (Wildman–Crippen MR) is 85.6 cm³/mol. The molecule has 7 heteroatoms. The smallest absolute Gasteiger partial charge is 0.274 e. The molecule has 0 unspecified atom stereocenters. The van der Waals surface area contributed by atoms with E-state index in [1.807, 2.05) is 45.0 Å². The second-order valence-corrected chi connectivity index (χ2v) is 5.71. The summed E-state index contributed by atoms with van der Waals surface area (Å²) in [5, 5.41) is 11.9. The van der Waals surface area contributed by atoms with Crippen LogP contribution in [0, 0.1) is 0 Å². The van der Waals surface area contributed by atoms with E-state index < -0.39 is 0 Å². The molecular weight excluding hydrogens is 282 g/mol. The maximum absolute atomic E-state index is 12.0. The minimum atomic E-state index is -0.361. The molecule has 0 amide bonds. The average Bonchev–Trinajstić information content (AvgIpc) is 2.46. The normalized spacial score (nSPS) is 11.6. The van der Waals surface area contributed by atoms with Crippen LogP contribution >= 0.6 is 0 Å². The first kappa shape index (κ1) is 15.7. The van der Waals surface area contributed by atoms with Gasteiger partial charge in [0.2, 0.25) is 5.95 Å². The first-order valence-corrected chi connectivity index (χ1v) is 6.81. The maximum atomic E-state index is 12.0. The lowest BCUT2D eigenvalue weighted by atomic mass is 9.93. The fourth-order valence-electron chi connectivity index (χ4n) is 1.81. The lowest BCUT2D eigenvalue weighted by molar-refractivity contribution is 0.414. The molecule has 22 heavy (non-hydrogen) atoms. The second kappa shape index (κ2) is 6.38. The van der Waals surface area contributed by atoms with Gasteiger partial charge in [0.25, 0.3) is 5.56 Å². The van der Waals surface area contributed by atoms with E-state index in [0.29, 0.717) is 11.4 Å². The number of hydrogen-bond donors (Lipinski definition) is 2. The van der Waals surface area contributed by atoms with Gasteiger partial charge >= 0.3 is 0 Å². The number of hydrogen-bond acceptors (Lipinski definition) is 6. The quantitative estimate of drug-likeness (QED) is 0.665. The van der Waals surface area contributed by atoms with Gasteiger partial charge in [-0.1, -0.05) is 32.9 Å². The van der Waals surface area contributed by atoms with E-state index in [1.54, 1.807) is 13.3 Å². The molecule has 0 atom stereocenters. The Morgan fingerprint density at radius 2 is 2.00 bits per heavy atom. The molecular formula is C15H19N5O2. The molecule has 7 nitrogen and oxygen atoms in total. The number of nitrogens with zero attached hydrogens (tertiary/aromatic N) is 3. The Kier molecular flexibility index (Phi) is 4.55. The van der Waals surface area contributed by atoms with Gasteiger partial charge in [-0.15, -0.1) is 10.2 Å². The number of nitrogens with one attached hydrogen (secondary N) is 2. The SMILES string of the molecule is COc1ccccc1/C=N/Nc1nnc(C(C)(C)C)c(=O)[nH]1.